The van der Waals surface area contributed by atoms with E-state index in [0.717, 1.165) is 4.48 Å². The number of pyridine rings is 1. The van der Waals surface area contributed by atoms with Crippen LogP contribution >= 0.6 is 0 Å². The molecule has 1 aromatic heterocycles. The van der Waals surface area contributed by atoms with Crippen molar-refractivity contribution >= 4 is 0 Å². The second-order valence-electron chi connectivity index (χ2n) is 4.45. The molecule has 1 fully saturated rings. The predicted octanol–water partition coefficient (Wildman–Crippen LogP) is 1.99. The molecule has 1 saturated heterocycles. The standard InChI is InChI=1S/C11H17N2/c1-13(2)8-4-6-11(13)10-5-3-7-12-9-10/h3,5,7,9,11H,4,6,8H2,1-2H3/q+1/t11-/m0/s1. The maximum Gasteiger partial charge on any atom is 0.116 e. The molecule has 2 heteroatoms. The van der Waals surface area contributed by atoms with Gasteiger partial charge in [0.1, 0.15) is 6.04 Å². The van der Waals surface area contributed by atoms with Gasteiger partial charge in [0.05, 0.1) is 20.6 Å². The fraction of sp³-hybridized carbons (Fsp3) is 0.545. The van der Waals surface area contributed by atoms with Crippen LogP contribution in [0.5, 0.6) is 0 Å². The first kappa shape index (κ1) is 8.70. The summed E-state index contributed by atoms with van der Waals surface area (Å²) in [5.41, 5.74) is 1.39. The highest BCUT2D eigenvalue weighted by Gasteiger charge is 2.34. The molecule has 1 aromatic rings. The molecule has 2 nitrogen and oxygen atoms in total. The molecule has 2 heterocycles. The number of nitrogens with zero attached hydrogens (tertiary/aromatic N) is 2. The zero-order valence-electron chi connectivity index (χ0n) is 8.40. The molecule has 0 saturated carbocycles. The van der Waals surface area contributed by atoms with Crippen molar-refractivity contribution in [2.24, 2.45) is 0 Å². The summed E-state index contributed by atoms with van der Waals surface area (Å²) in [6, 6.07) is 4.89. The van der Waals surface area contributed by atoms with E-state index in [2.05, 4.69) is 25.1 Å². The quantitative estimate of drug-likeness (QED) is 0.598. The Kier molecular flexibility index (Phi) is 2.08. The Morgan fingerprint density at radius 1 is 1.46 bits per heavy atom. The van der Waals surface area contributed by atoms with Crippen molar-refractivity contribution in [3.8, 4) is 0 Å². The molecule has 0 unspecified atom stereocenters. The van der Waals surface area contributed by atoms with Gasteiger partial charge < -0.3 is 4.48 Å². The van der Waals surface area contributed by atoms with Gasteiger partial charge in [-0.2, -0.15) is 0 Å². The summed E-state index contributed by atoms with van der Waals surface area (Å²) in [7, 11) is 4.62. The smallest absolute Gasteiger partial charge is 0.116 e. The number of hydrogen-bond acceptors (Lipinski definition) is 1. The maximum atomic E-state index is 4.18. The summed E-state index contributed by atoms with van der Waals surface area (Å²) < 4.78 is 1.12. The van der Waals surface area contributed by atoms with Crippen molar-refractivity contribution in [2.45, 2.75) is 18.9 Å². The highest BCUT2D eigenvalue weighted by Crippen LogP contribution is 2.35. The molecule has 2 rings (SSSR count). The SMILES string of the molecule is C[N+]1(C)CCC[C@H]1c1cccnc1. The van der Waals surface area contributed by atoms with Crippen LogP contribution in [0.15, 0.2) is 24.5 Å². The van der Waals surface area contributed by atoms with E-state index in [4.69, 9.17) is 0 Å². The van der Waals surface area contributed by atoms with Gasteiger partial charge in [0.15, 0.2) is 0 Å². The van der Waals surface area contributed by atoms with E-state index in [0.29, 0.717) is 6.04 Å². The Hall–Kier alpha value is -0.890. The second-order valence-corrected chi connectivity index (χ2v) is 4.45. The van der Waals surface area contributed by atoms with Crippen molar-refractivity contribution in [1.29, 1.82) is 0 Å². The minimum atomic E-state index is 0.661. The van der Waals surface area contributed by atoms with Gasteiger partial charge in [-0.05, 0) is 6.07 Å². The Labute approximate surface area is 79.8 Å². The molecule has 0 N–H and O–H groups in total. The third-order valence-corrected chi connectivity index (χ3v) is 3.12. The highest BCUT2D eigenvalue weighted by atomic mass is 15.3. The topological polar surface area (TPSA) is 12.9 Å². The Morgan fingerprint density at radius 2 is 2.31 bits per heavy atom. The van der Waals surface area contributed by atoms with Crippen LogP contribution in [0.1, 0.15) is 24.4 Å². The van der Waals surface area contributed by atoms with Crippen molar-refractivity contribution in [1.82, 2.24) is 4.98 Å². The van der Waals surface area contributed by atoms with Gasteiger partial charge in [-0.25, -0.2) is 0 Å². The average molecular weight is 177 g/mol. The fourth-order valence-electron chi connectivity index (χ4n) is 2.34. The van der Waals surface area contributed by atoms with E-state index in [-0.39, 0.29) is 0 Å². The first-order valence-corrected chi connectivity index (χ1v) is 4.93. The zero-order chi connectivity index (χ0) is 9.31. The fourth-order valence-corrected chi connectivity index (χ4v) is 2.34. The molecular weight excluding hydrogens is 160 g/mol. The van der Waals surface area contributed by atoms with E-state index in [1.54, 1.807) is 0 Å². The molecule has 0 aliphatic carbocycles. The first-order valence-electron chi connectivity index (χ1n) is 4.93. The number of aromatic nitrogens is 1. The average Bonchev–Trinajstić information content (AvgIpc) is 2.47. The van der Waals surface area contributed by atoms with Gasteiger partial charge in [-0.15, -0.1) is 0 Å². The molecule has 0 radical (unpaired) electrons. The van der Waals surface area contributed by atoms with Crippen molar-refractivity contribution in [3.05, 3.63) is 30.1 Å². The minimum absolute atomic E-state index is 0.661. The predicted molar refractivity (Wildman–Crippen MR) is 53.2 cm³/mol. The maximum absolute atomic E-state index is 4.18. The third kappa shape index (κ3) is 1.59. The van der Waals surface area contributed by atoms with Crippen LogP contribution in [-0.2, 0) is 0 Å². The summed E-state index contributed by atoms with van der Waals surface area (Å²) in [6.07, 6.45) is 6.50. The molecular formula is C11H17N2+. The summed E-state index contributed by atoms with van der Waals surface area (Å²) in [5.74, 6) is 0. The lowest BCUT2D eigenvalue weighted by molar-refractivity contribution is -0.908. The lowest BCUT2D eigenvalue weighted by Gasteiger charge is -2.31. The second kappa shape index (κ2) is 3.11. The Morgan fingerprint density at radius 3 is 2.85 bits per heavy atom. The van der Waals surface area contributed by atoms with Crippen molar-refractivity contribution in [3.63, 3.8) is 0 Å². The van der Waals surface area contributed by atoms with Crippen LogP contribution < -0.4 is 0 Å². The number of quaternary nitrogens is 1. The van der Waals surface area contributed by atoms with Gasteiger partial charge in [0, 0.05) is 30.8 Å². The highest BCUT2D eigenvalue weighted by molar-refractivity contribution is 5.12. The van der Waals surface area contributed by atoms with Crippen LogP contribution in [0.4, 0.5) is 0 Å². The zero-order valence-corrected chi connectivity index (χ0v) is 8.40. The minimum Gasteiger partial charge on any atom is -0.322 e. The Bertz CT molecular complexity index is 279. The normalized spacial score (nSPS) is 26.2. The van der Waals surface area contributed by atoms with Gasteiger partial charge >= 0.3 is 0 Å². The largest absolute Gasteiger partial charge is 0.322 e. The van der Waals surface area contributed by atoms with Crippen molar-refractivity contribution in [2.75, 3.05) is 20.6 Å². The summed E-state index contributed by atoms with van der Waals surface area (Å²) in [5, 5.41) is 0. The lowest BCUT2D eigenvalue weighted by Crippen LogP contribution is -2.38. The summed E-state index contributed by atoms with van der Waals surface area (Å²) in [4.78, 5) is 4.18. The van der Waals surface area contributed by atoms with E-state index >= 15 is 0 Å². The molecule has 1 atom stereocenters. The molecule has 13 heavy (non-hydrogen) atoms. The van der Waals surface area contributed by atoms with Crippen LogP contribution in [0.2, 0.25) is 0 Å². The van der Waals surface area contributed by atoms with Crippen LogP contribution in [0.25, 0.3) is 0 Å². The number of likely N-dealkylation sites (tertiary alicyclic amines) is 1. The first-order chi connectivity index (χ1) is 6.20. The van der Waals surface area contributed by atoms with E-state index in [1.165, 1.54) is 24.9 Å². The van der Waals surface area contributed by atoms with Crippen LogP contribution in [0, 0.1) is 0 Å². The molecule has 0 amide bonds. The summed E-state index contributed by atoms with van der Waals surface area (Å²) in [6.45, 7) is 1.29. The third-order valence-electron chi connectivity index (χ3n) is 3.12. The van der Waals surface area contributed by atoms with Gasteiger partial charge in [-0.3, -0.25) is 4.98 Å². The molecule has 0 bridgehead atoms. The van der Waals surface area contributed by atoms with E-state index < -0.39 is 0 Å². The molecule has 1 aliphatic heterocycles. The molecule has 0 spiro atoms. The lowest BCUT2D eigenvalue weighted by atomic mass is 10.1. The molecule has 1 aliphatic rings. The molecule has 0 aromatic carbocycles. The Balaban J connectivity index is 2.27. The summed E-state index contributed by atoms with van der Waals surface area (Å²) >= 11 is 0. The number of hydrogen-bond donors (Lipinski definition) is 0. The van der Waals surface area contributed by atoms with Gasteiger partial charge in [0.2, 0.25) is 0 Å². The number of rotatable bonds is 1. The van der Waals surface area contributed by atoms with E-state index in [1.807, 2.05) is 18.5 Å². The molecule has 70 valence electrons. The van der Waals surface area contributed by atoms with Gasteiger partial charge in [0.25, 0.3) is 0 Å². The van der Waals surface area contributed by atoms with E-state index in [9.17, 15) is 0 Å². The van der Waals surface area contributed by atoms with Crippen molar-refractivity contribution < 1.29 is 4.48 Å². The van der Waals surface area contributed by atoms with Crippen LogP contribution in [0.3, 0.4) is 0 Å². The van der Waals surface area contributed by atoms with Gasteiger partial charge in [-0.1, -0.05) is 6.07 Å². The monoisotopic (exact) mass is 177 g/mol. The van der Waals surface area contributed by atoms with Crippen LogP contribution in [-0.4, -0.2) is 30.1 Å².